The van der Waals surface area contributed by atoms with Crippen LogP contribution in [0, 0.1) is 0 Å². The van der Waals surface area contributed by atoms with Crippen LogP contribution in [0.25, 0.3) is 0 Å². The smallest absolute Gasteiger partial charge is 0.119 e. The average molecular weight is 495 g/mol. The van der Waals surface area contributed by atoms with Crippen LogP contribution in [0.3, 0.4) is 0 Å². The molecule has 188 valence electrons. The van der Waals surface area contributed by atoms with Crippen LogP contribution in [0.5, 0.6) is 11.5 Å². The highest BCUT2D eigenvalue weighted by Crippen LogP contribution is 2.13. The van der Waals surface area contributed by atoms with E-state index in [-0.39, 0.29) is 0 Å². The minimum absolute atomic E-state index is 0.466. The minimum Gasteiger partial charge on any atom is -0.491 e. The zero-order chi connectivity index (χ0) is 25.4. The Hall–Kier alpha value is -4.62. The number of benzene rings is 4. The Balaban J connectivity index is 1.05. The summed E-state index contributed by atoms with van der Waals surface area (Å²) in [5.74, 6) is 1.58. The summed E-state index contributed by atoms with van der Waals surface area (Å²) in [4.78, 5) is 0. The lowest BCUT2D eigenvalue weighted by atomic mass is 10.2. The van der Waals surface area contributed by atoms with Crippen molar-refractivity contribution in [3.8, 4) is 11.5 Å². The topological polar surface area (TPSA) is 76.5 Å². The normalized spacial score (nSPS) is 11.0. The molecule has 0 amide bonds. The van der Waals surface area contributed by atoms with Crippen LogP contribution < -0.4 is 20.3 Å². The molecule has 0 heterocycles. The molecule has 4 aromatic rings. The fourth-order valence-electron chi connectivity index (χ4n) is 3.23. The fraction of sp³-hybridized carbons (Fsp3) is 0.133. The van der Waals surface area contributed by atoms with Gasteiger partial charge in [-0.1, -0.05) is 36.4 Å². The van der Waals surface area contributed by atoms with E-state index in [1.165, 1.54) is 0 Å². The molecule has 0 aliphatic carbocycles. The lowest BCUT2D eigenvalue weighted by molar-refractivity contribution is 0.0764. The Bertz CT molecular complexity index is 1130. The standard InChI is InChI=1S/C30H30N4O3/c1-3-7-27(8-4-1)33-31-23-25-11-15-29(16-12-25)36-21-19-35-20-22-37-30-17-13-26(14-18-30)24-32-34-28-9-5-2-6-10-28/h1-18,23-24,33-34H,19-22H2. The molecule has 0 aliphatic rings. The molecule has 0 aliphatic heterocycles. The van der Waals surface area contributed by atoms with Crippen molar-refractivity contribution in [2.45, 2.75) is 0 Å². The number of nitrogens with one attached hydrogen (secondary N) is 2. The predicted molar refractivity (Wildman–Crippen MR) is 150 cm³/mol. The Morgan fingerprint density at radius 2 is 0.892 bits per heavy atom. The van der Waals surface area contributed by atoms with Gasteiger partial charge in [-0.25, -0.2) is 0 Å². The summed E-state index contributed by atoms with van der Waals surface area (Å²) in [6.45, 7) is 1.90. The van der Waals surface area contributed by atoms with Gasteiger partial charge in [-0.05, 0) is 83.9 Å². The average Bonchev–Trinajstić information content (AvgIpc) is 2.95. The molecule has 2 N–H and O–H groups in total. The van der Waals surface area contributed by atoms with Crippen molar-refractivity contribution >= 4 is 23.8 Å². The van der Waals surface area contributed by atoms with Crippen molar-refractivity contribution in [1.82, 2.24) is 0 Å². The first-order valence-electron chi connectivity index (χ1n) is 12.1. The van der Waals surface area contributed by atoms with Crippen molar-refractivity contribution in [3.63, 3.8) is 0 Å². The second-order valence-electron chi connectivity index (χ2n) is 7.92. The maximum atomic E-state index is 5.73. The molecular weight excluding hydrogens is 464 g/mol. The van der Waals surface area contributed by atoms with E-state index in [2.05, 4.69) is 21.1 Å². The molecule has 0 radical (unpaired) electrons. The molecule has 0 atom stereocenters. The summed E-state index contributed by atoms with van der Waals surface area (Å²) in [5.41, 5.74) is 9.84. The van der Waals surface area contributed by atoms with Crippen molar-refractivity contribution < 1.29 is 14.2 Å². The van der Waals surface area contributed by atoms with E-state index in [0.717, 1.165) is 34.0 Å². The summed E-state index contributed by atoms with van der Waals surface area (Å²) < 4.78 is 17.1. The molecule has 0 unspecified atom stereocenters. The number of hydrogen-bond acceptors (Lipinski definition) is 7. The third kappa shape index (κ3) is 9.51. The highest BCUT2D eigenvalue weighted by atomic mass is 16.5. The van der Waals surface area contributed by atoms with Crippen LogP contribution in [-0.2, 0) is 4.74 Å². The zero-order valence-electron chi connectivity index (χ0n) is 20.5. The van der Waals surface area contributed by atoms with Crippen LogP contribution in [0.2, 0.25) is 0 Å². The Kier molecular flexibility index (Phi) is 10.1. The molecule has 0 saturated carbocycles. The quantitative estimate of drug-likeness (QED) is 0.127. The van der Waals surface area contributed by atoms with Crippen LogP contribution in [0.4, 0.5) is 11.4 Å². The Morgan fingerprint density at radius 3 is 1.30 bits per heavy atom. The monoisotopic (exact) mass is 494 g/mol. The van der Waals surface area contributed by atoms with Crippen LogP contribution in [0.1, 0.15) is 11.1 Å². The summed E-state index contributed by atoms with van der Waals surface area (Å²) in [6.07, 6.45) is 3.54. The largest absolute Gasteiger partial charge is 0.491 e. The number of hydrogen-bond donors (Lipinski definition) is 2. The Morgan fingerprint density at radius 1 is 0.486 bits per heavy atom. The van der Waals surface area contributed by atoms with E-state index in [9.17, 15) is 0 Å². The fourth-order valence-corrected chi connectivity index (χ4v) is 3.23. The van der Waals surface area contributed by atoms with Crippen molar-refractivity contribution in [2.24, 2.45) is 10.2 Å². The van der Waals surface area contributed by atoms with Gasteiger partial charge in [0.25, 0.3) is 0 Å². The number of ether oxygens (including phenoxy) is 3. The lowest BCUT2D eigenvalue weighted by Crippen LogP contribution is -2.12. The number of anilines is 2. The van der Waals surface area contributed by atoms with Gasteiger partial charge in [-0.3, -0.25) is 10.9 Å². The molecule has 0 bridgehead atoms. The number of nitrogens with zero attached hydrogens (tertiary/aromatic N) is 2. The zero-order valence-corrected chi connectivity index (χ0v) is 20.5. The molecule has 0 fully saturated rings. The van der Waals surface area contributed by atoms with Crippen molar-refractivity contribution in [2.75, 3.05) is 37.3 Å². The molecule has 7 nitrogen and oxygen atoms in total. The summed E-state index contributed by atoms with van der Waals surface area (Å²) in [7, 11) is 0. The molecular formula is C30H30N4O3. The van der Waals surface area contributed by atoms with Gasteiger partial charge in [0.1, 0.15) is 24.7 Å². The Labute approximate surface area is 217 Å². The van der Waals surface area contributed by atoms with Gasteiger partial charge in [0.15, 0.2) is 0 Å². The number of para-hydroxylation sites is 2. The SMILES string of the molecule is C(=NNc1ccccc1)c1ccc(OCCOCCOc2ccc(C=NNc3ccccc3)cc2)cc1. The molecule has 4 rings (SSSR count). The van der Waals surface area contributed by atoms with Crippen LogP contribution >= 0.6 is 0 Å². The maximum Gasteiger partial charge on any atom is 0.119 e. The van der Waals surface area contributed by atoms with E-state index in [1.54, 1.807) is 12.4 Å². The predicted octanol–water partition coefficient (Wildman–Crippen LogP) is 6.05. The highest BCUT2D eigenvalue weighted by Gasteiger charge is 1.97. The molecule has 0 saturated heterocycles. The second-order valence-corrected chi connectivity index (χ2v) is 7.92. The van der Waals surface area contributed by atoms with Gasteiger partial charge in [0.05, 0.1) is 37.0 Å². The molecule has 0 spiro atoms. The minimum atomic E-state index is 0.466. The summed E-state index contributed by atoms with van der Waals surface area (Å²) >= 11 is 0. The van der Waals surface area contributed by atoms with Crippen LogP contribution in [-0.4, -0.2) is 38.9 Å². The van der Waals surface area contributed by atoms with Gasteiger partial charge in [-0.15, -0.1) is 0 Å². The first kappa shape index (κ1) is 25.5. The molecule has 7 heteroatoms. The third-order valence-corrected chi connectivity index (χ3v) is 5.12. The molecule has 4 aromatic carbocycles. The van der Waals surface area contributed by atoms with Gasteiger partial charge in [0, 0.05) is 0 Å². The van der Waals surface area contributed by atoms with Gasteiger partial charge in [-0.2, -0.15) is 10.2 Å². The van der Waals surface area contributed by atoms with E-state index in [0.29, 0.717) is 26.4 Å². The first-order chi connectivity index (χ1) is 18.3. The number of hydrazone groups is 2. The first-order valence-corrected chi connectivity index (χ1v) is 12.1. The van der Waals surface area contributed by atoms with E-state index in [1.807, 2.05) is 109 Å². The second kappa shape index (κ2) is 14.7. The maximum absolute atomic E-state index is 5.73. The van der Waals surface area contributed by atoms with E-state index in [4.69, 9.17) is 14.2 Å². The van der Waals surface area contributed by atoms with Gasteiger partial charge in [0.2, 0.25) is 0 Å². The highest BCUT2D eigenvalue weighted by molar-refractivity contribution is 5.81. The van der Waals surface area contributed by atoms with Gasteiger partial charge < -0.3 is 14.2 Å². The lowest BCUT2D eigenvalue weighted by Gasteiger charge is -2.09. The van der Waals surface area contributed by atoms with Crippen molar-refractivity contribution in [1.29, 1.82) is 0 Å². The summed E-state index contributed by atoms with van der Waals surface area (Å²) in [6, 6.07) is 35.1. The van der Waals surface area contributed by atoms with E-state index < -0.39 is 0 Å². The van der Waals surface area contributed by atoms with E-state index >= 15 is 0 Å². The third-order valence-electron chi connectivity index (χ3n) is 5.12. The molecule has 0 aromatic heterocycles. The van der Waals surface area contributed by atoms with Crippen LogP contribution in [0.15, 0.2) is 119 Å². The molecule has 37 heavy (non-hydrogen) atoms. The van der Waals surface area contributed by atoms with Gasteiger partial charge >= 0.3 is 0 Å². The number of rotatable bonds is 14. The van der Waals surface area contributed by atoms with Crippen molar-refractivity contribution in [3.05, 3.63) is 120 Å². The summed E-state index contributed by atoms with van der Waals surface area (Å²) in [5, 5.41) is 8.48.